The van der Waals surface area contributed by atoms with Crippen molar-refractivity contribution in [3.63, 3.8) is 0 Å². The number of rotatable bonds is 2. The predicted molar refractivity (Wildman–Crippen MR) is 69.6 cm³/mol. The third-order valence-corrected chi connectivity index (χ3v) is 3.38. The minimum absolute atomic E-state index is 0.596. The van der Waals surface area contributed by atoms with Crippen LogP contribution in [0.3, 0.4) is 0 Å². The van der Waals surface area contributed by atoms with Crippen molar-refractivity contribution in [2.75, 3.05) is 6.67 Å². The summed E-state index contributed by atoms with van der Waals surface area (Å²) < 4.78 is 0. The second-order valence-electron chi connectivity index (χ2n) is 4.69. The molecule has 1 aromatic rings. The van der Waals surface area contributed by atoms with Gasteiger partial charge in [0, 0.05) is 29.6 Å². The van der Waals surface area contributed by atoms with Gasteiger partial charge in [0.05, 0.1) is 5.70 Å². The van der Waals surface area contributed by atoms with Gasteiger partial charge in [0.2, 0.25) is 5.96 Å². The number of hydrogen-bond acceptors (Lipinski definition) is 5. The molecule has 0 saturated heterocycles. The Kier molecular flexibility index (Phi) is 2.07. The quantitative estimate of drug-likeness (QED) is 0.849. The van der Waals surface area contributed by atoms with E-state index in [1.807, 2.05) is 29.5 Å². The molecular weight excluding hydrogens is 226 g/mol. The van der Waals surface area contributed by atoms with Gasteiger partial charge in [-0.1, -0.05) is 0 Å². The minimum atomic E-state index is 0.596. The first kappa shape index (κ1) is 9.96. The van der Waals surface area contributed by atoms with Gasteiger partial charge < -0.3 is 0 Å². The number of pyridine rings is 1. The fourth-order valence-corrected chi connectivity index (χ4v) is 2.27. The highest BCUT2D eigenvalue weighted by atomic mass is 15.6. The van der Waals surface area contributed by atoms with Crippen molar-refractivity contribution in [2.45, 2.75) is 12.8 Å². The normalized spacial score (nSPS) is 22.2. The van der Waals surface area contributed by atoms with Gasteiger partial charge in [0.1, 0.15) is 6.67 Å². The number of allylic oxidation sites excluding steroid dienone is 1. The van der Waals surface area contributed by atoms with Crippen LogP contribution < -0.4 is 5.43 Å². The fraction of sp³-hybridized carbons (Fsp3) is 0.308. The van der Waals surface area contributed by atoms with E-state index in [2.05, 4.69) is 26.5 Å². The van der Waals surface area contributed by atoms with Crippen molar-refractivity contribution < 1.29 is 0 Å². The zero-order valence-electron chi connectivity index (χ0n) is 9.87. The van der Waals surface area contributed by atoms with Gasteiger partial charge in [-0.05, 0) is 31.1 Å². The third kappa shape index (κ3) is 1.55. The van der Waals surface area contributed by atoms with Crippen LogP contribution in [0.2, 0.25) is 0 Å². The predicted octanol–water partition coefficient (Wildman–Crippen LogP) is 1.42. The summed E-state index contributed by atoms with van der Waals surface area (Å²) in [5.74, 6) is 1.42. The Labute approximate surface area is 105 Å². The van der Waals surface area contributed by atoms with Crippen LogP contribution in [0, 0.1) is 5.92 Å². The molecule has 3 heterocycles. The Morgan fingerprint density at radius 3 is 2.83 bits per heavy atom. The fourth-order valence-electron chi connectivity index (χ4n) is 2.27. The van der Waals surface area contributed by atoms with Gasteiger partial charge in [-0.15, -0.1) is 0 Å². The Balaban J connectivity index is 1.80. The average molecular weight is 239 g/mol. The summed E-state index contributed by atoms with van der Waals surface area (Å²) in [6.07, 6.45) is 8.29. The van der Waals surface area contributed by atoms with E-state index >= 15 is 0 Å². The third-order valence-electron chi connectivity index (χ3n) is 3.38. The average Bonchev–Trinajstić information content (AvgIpc) is 3.17. The molecule has 5 heteroatoms. The topological polar surface area (TPSA) is 52.9 Å². The van der Waals surface area contributed by atoms with Crippen molar-refractivity contribution in [1.29, 1.82) is 0 Å². The van der Waals surface area contributed by atoms with E-state index in [1.165, 1.54) is 18.6 Å². The second kappa shape index (κ2) is 3.74. The molecule has 1 aliphatic carbocycles. The van der Waals surface area contributed by atoms with E-state index in [0.717, 1.165) is 17.2 Å². The maximum absolute atomic E-state index is 4.62. The standard InChI is InChI=1S/C13H13N5/c1-2-9(1)11-7-12(10-3-5-14-6-4-10)18-13(17-11)15-8-16-18/h3-7,9,16H,1-2,8H2. The SMILES string of the molecule is C1=C(c2ccncc2)N2NCN=C2N=C1C1CC1. The first-order valence-corrected chi connectivity index (χ1v) is 6.20. The molecule has 4 rings (SSSR count). The van der Waals surface area contributed by atoms with Crippen LogP contribution >= 0.6 is 0 Å². The number of hydrogen-bond donors (Lipinski definition) is 1. The van der Waals surface area contributed by atoms with E-state index < -0.39 is 0 Å². The zero-order valence-corrected chi connectivity index (χ0v) is 9.87. The molecule has 0 atom stereocenters. The minimum Gasteiger partial charge on any atom is -0.265 e. The number of aromatic nitrogens is 1. The molecule has 0 aromatic carbocycles. The number of fused-ring (bicyclic) bond motifs is 1. The molecule has 0 amide bonds. The number of nitrogens with one attached hydrogen (secondary N) is 1. The lowest BCUT2D eigenvalue weighted by Gasteiger charge is -2.25. The number of nitrogens with zero attached hydrogens (tertiary/aromatic N) is 4. The molecule has 1 saturated carbocycles. The molecule has 3 aliphatic rings. The van der Waals surface area contributed by atoms with Gasteiger partial charge in [-0.3, -0.25) is 4.98 Å². The second-order valence-corrected chi connectivity index (χ2v) is 4.69. The first-order chi connectivity index (χ1) is 8.92. The summed E-state index contributed by atoms with van der Waals surface area (Å²) in [5.41, 5.74) is 6.64. The number of aliphatic imine (C=N–C) groups is 2. The van der Waals surface area contributed by atoms with E-state index in [4.69, 9.17) is 0 Å². The highest BCUT2D eigenvalue weighted by Gasteiger charge is 2.33. The lowest BCUT2D eigenvalue weighted by Crippen LogP contribution is -2.37. The van der Waals surface area contributed by atoms with Gasteiger partial charge in [-0.2, -0.15) is 0 Å². The van der Waals surface area contributed by atoms with Crippen molar-refractivity contribution in [3.05, 3.63) is 36.2 Å². The maximum Gasteiger partial charge on any atom is 0.241 e. The zero-order chi connectivity index (χ0) is 11.9. The molecule has 0 bridgehead atoms. The van der Waals surface area contributed by atoms with E-state index in [9.17, 15) is 0 Å². The summed E-state index contributed by atoms with van der Waals surface area (Å²) in [4.78, 5) is 13.1. The molecule has 2 aliphatic heterocycles. The first-order valence-electron chi connectivity index (χ1n) is 6.20. The molecule has 0 spiro atoms. The number of hydrazine groups is 1. The Morgan fingerprint density at radius 2 is 2.06 bits per heavy atom. The van der Waals surface area contributed by atoms with Crippen LogP contribution in [0.1, 0.15) is 18.4 Å². The summed E-state index contributed by atoms with van der Waals surface area (Å²) in [6, 6.07) is 4.03. The van der Waals surface area contributed by atoms with Gasteiger partial charge >= 0.3 is 0 Å². The lowest BCUT2D eigenvalue weighted by molar-refractivity contribution is 0.468. The molecule has 90 valence electrons. The molecular formula is C13H13N5. The molecule has 1 N–H and O–H groups in total. The van der Waals surface area contributed by atoms with Gasteiger partial charge in [0.15, 0.2) is 0 Å². The Morgan fingerprint density at radius 1 is 1.22 bits per heavy atom. The van der Waals surface area contributed by atoms with Crippen LogP contribution in [-0.2, 0) is 0 Å². The Bertz CT molecular complexity index is 568. The van der Waals surface area contributed by atoms with Crippen LogP contribution in [0.5, 0.6) is 0 Å². The van der Waals surface area contributed by atoms with Crippen LogP contribution in [-0.4, -0.2) is 28.3 Å². The smallest absolute Gasteiger partial charge is 0.241 e. The Hall–Kier alpha value is -2.01. The summed E-state index contributed by atoms with van der Waals surface area (Å²) in [5, 5.41) is 1.96. The van der Waals surface area contributed by atoms with Crippen LogP contribution in [0.4, 0.5) is 0 Å². The van der Waals surface area contributed by atoms with Crippen LogP contribution in [0.15, 0.2) is 40.6 Å². The van der Waals surface area contributed by atoms with Crippen molar-refractivity contribution in [3.8, 4) is 0 Å². The van der Waals surface area contributed by atoms with Crippen molar-refractivity contribution in [2.24, 2.45) is 15.9 Å². The van der Waals surface area contributed by atoms with Crippen molar-refractivity contribution >= 4 is 17.4 Å². The van der Waals surface area contributed by atoms with Crippen molar-refractivity contribution in [1.82, 2.24) is 15.4 Å². The molecule has 18 heavy (non-hydrogen) atoms. The maximum atomic E-state index is 4.62. The molecule has 0 radical (unpaired) electrons. The summed E-state index contributed by atoms with van der Waals surface area (Å²) in [6.45, 7) is 0.596. The molecule has 1 aromatic heterocycles. The highest BCUT2D eigenvalue weighted by molar-refractivity contribution is 6.14. The van der Waals surface area contributed by atoms with Gasteiger partial charge in [0.25, 0.3) is 0 Å². The largest absolute Gasteiger partial charge is 0.265 e. The van der Waals surface area contributed by atoms with E-state index in [0.29, 0.717) is 12.6 Å². The summed E-state index contributed by atoms with van der Waals surface area (Å²) in [7, 11) is 0. The number of guanidine groups is 1. The highest BCUT2D eigenvalue weighted by Crippen LogP contribution is 2.35. The molecule has 0 unspecified atom stereocenters. The monoisotopic (exact) mass is 239 g/mol. The molecule has 1 fully saturated rings. The molecule has 5 nitrogen and oxygen atoms in total. The van der Waals surface area contributed by atoms with E-state index in [-0.39, 0.29) is 0 Å². The van der Waals surface area contributed by atoms with Gasteiger partial charge in [-0.25, -0.2) is 20.4 Å². The van der Waals surface area contributed by atoms with Crippen LogP contribution in [0.25, 0.3) is 5.70 Å². The summed E-state index contributed by atoms with van der Waals surface area (Å²) >= 11 is 0. The van der Waals surface area contributed by atoms with E-state index in [1.54, 1.807) is 0 Å². The lowest BCUT2D eigenvalue weighted by atomic mass is 10.1.